The van der Waals surface area contributed by atoms with Gasteiger partial charge in [0.25, 0.3) is 0 Å². The van der Waals surface area contributed by atoms with Crippen molar-refractivity contribution in [1.29, 1.82) is 0 Å². The molecule has 0 radical (unpaired) electrons. The van der Waals surface area contributed by atoms with Gasteiger partial charge in [-0.3, -0.25) is 4.79 Å². The Kier molecular flexibility index (Phi) is 6.45. The lowest BCUT2D eigenvalue weighted by Crippen LogP contribution is -2.31. The fourth-order valence-electron chi connectivity index (χ4n) is 1.66. The van der Waals surface area contributed by atoms with Gasteiger partial charge in [-0.2, -0.15) is 0 Å². The molecule has 4 nitrogen and oxygen atoms in total. The number of ether oxygens (including phenoxy) is 1. The van der Waals surface area contributed by atoms with Crippen LogP contribution >= 0.6 is 15.9 Å². The molecule has 2 amide bonds. The summed E-state index contributed by atoms with van der Waals surface area (Å²) in [6, 6.07) is 0. The highest BCUT2D eigenvalue weighted by Crippen LogP contribution is 2.10. The average Bonchev–Trinajstić information content (AvgIpc) is 2.69. The molecule has 0 atom stereocenters. The van der Waals surface area contributed by atoms with Gasteiger partial charge in [0, 0.05) is 11.8 Å². The molecule has 0 aromatic rings. The maximum absolute atomic E-state index is 11.6. The minimum Gasteiger partial charge on any atom is -0.447 e. The van der Waals surface area contributed by atoms with Gasteiger partial charge in [-0.05, 0) is 12.8 Å². The molecule has 16 heavy (non-hydrogen) atoms. The van der Waals surface area contributed by atoms with Gasteiger partial charge in [-0.25, -0.2) is 9.69 Å². The van der Waals surface area contributed by atoms with E-state index >= 15 is 0 Å². The zero-order chi connectivity index (χ0) is 11.8. The van der Waals surface area contributed by atoms with E-state index in [2.05, 4.69) is 15.9 Å². The summed E-state index contributed by atoms with van der Waals surface area (Å²) < 4.78 is 4.71. The minimum atomic E-state index is -0.482. The van der Waals surface area contributed by atoms with Crippen molar-refractivity contribution in [2.75, 3.05) is 18.5 Å². The van der Waals surface area contributed by atoms with E-state index in [0.717, 1.165) is 24.6 Å². The zero-order valence-electron chi connectivity index (χ0n) is 9.41. The van der Waals surface area contributed by atoms with Crippen LogP contribution in [0.2, 0.25) is 0 Å². The molecule has 0 unspecified atom stereocenters. The SMILES string of the molecule is O=C(CCCCCCCBr)N1CCOC1=O. The largest absolute Gasteiger partial charge is 0.447 e. The van der Waals surface area contributed by atoms with Gasteiger partial charge in [0.15, 0.2) is 0 Å². The van der Waals surface area contributed by atoms with Crippen molar-refractivity contribution in [3.05, 3.63) is 0 Å². The number of nitrogens with zero attached hydrogens (tertiary/aromatic N) is 1. The van der Waals surface area contributed by atoms with Crippen LogP contribution in [0.25, 0.3) is 0 Å². The van der Waals surface area contributed by atoms with E-state index in [1.807, 2.05) is 0 Å². The first-order valence-electron chi connectivity index (χ1n) is 5.79. The van der Waals surface area contributed by atoms with E-state index in [9.17, 15) is 9.59 Å². The molecule has 0 N–H and O–H groups in total. The highest BCUT2D eigenvalue weighted by Gasteiger charge is 2.27. The second-order valence-electron chi connectivity index (χ2n) is 3.87. The first-order chi connectivity index (χ1) is 7.75. The Labute approximate surface area is 104 Å². The summed E-state index contributed by atoms with van der Waals surface area (Å²) in [6.07, 6.45) is 5.45. The molecule has 1 aliphatic rings. The Morgan fingerprint density at radius 3 is 2.56 bits per heavy atom. The molecule has 0 saturated carbocycles. The summed E-state index contributed by atoms with van der Waals surface area (Å²) >= 11 is 3.38. The summed E-state index contributed by atoms with van der Waals surface area (Å²) in [6.45, 7) is 0.761. The first kappa shape index (κ1) is 13.5. The zero-order valence-corrected chi connectivity index (χ0v) is 11.0. The molecule has 0 bridgehead atoms. The number of rotatable bonds is 7. The fourth-order valence-corrected chi connectivity index (χ4v) is 2.05. The summed E-state index contributed by atoms with van der Waals surface area (Å²) in [5.74, 6) is -0.0945. The Hall–Kier alpha value is -0.580. The van der Waals surface area contributed by atoms with Gasteiger partial charge in [-0.1, -0.05) is 35.2 Å². The number of alkyl halides is 1. The van der Waals surface area contributed by atoms with Gasteiger partial charge < -0.3 is 4.74 Å². The third-order valence-electron chi connectivity index (χ3n) is 2.59. The Balaban J connectivity index is 2.04. The maximum Gasteiger partial charge on any atom is 0.416 e. The molecule has 0 spiro atoms. The Morgan fingerprint density at radius 2 is 1.94 bits per heavy atom. The lowest BCUT2D eigenvalue weighted by atomic mass is 10.1. The molecule has 1 rings (SSSR count). The fraction of sp³-hybridized carbons (Fsp3) is 0.818. The van der Waals surface area contributed by atoms with Crippen LogP contribution < -0.4 is 0 Å². The number of halogens is 1. The number of imide groups is 1. The summed E-state index contributed by atoms with van der Waals surface area (Å²) in [5.41, 5.74) is 0. The predicted molar refractivity (Wildman–Crippen MR) is 64.6 cm³/mol. The topological polar surface area (TPSA) is 46.6 Å². The van der Waals surface area contributed by atoms with Gasteiger partial charge >= 0.3 is 6.09 Å². The number of cyclic esters (lactones) is 1. The molecule has 5 heteroatoms. The highest BCUT2D eigenvalue weighted by atomic mass is 79.9. The minimum absolute atomic E-state index is 0.0945. The van der Waals surface area contributed by atoms with Crippen molar-refractivity contribution in [1.82, 2.24) is 4.90 Å². The molecule has 92 valence electrons. The smallest absolute Gasteiger partial charge is 0.416 e. The number of amides is 2. The molecule has 0 aromatic carbocycles. The van der Waals surface area contributed by atoms with Crippen molar-refractivity contribution < 1.29 is 14.3 Å². The van der Waals surface area contributed by atoms with E-state index in [1.54, 1.807) is 0 Å². The quantitative estimate of drug-likeness (QED) is 0.535. The number of hydrogen-bond acceptors (Lipinski definition) is 3. The molecule has 1 saturated heterocycles. The highest BCUT2D eigenvalue weighted by molar-refractivity contribution is 9.09. The van der Waals surface area contributed by atoms with Crippen LogP contribution in [-0.2, 0) is 9.53 Å². The summed E-state index contributed by atoms with van der Waals surface area (Å²) in [5, 5.41) is 1.05. The van der Waals surface area contributed by atoms with Crippen LogP contribution in [0.3, 0.4) is 0 Å². The van der Waals surface area contributed by atoms with Crippen LogP contribution in [0.5, 0.6) is 0 Å². The van der Waals surface area contributed by atoms with Crippen LogP contribution in [0.4, 0.5) is 4.79 Å². The molecular weight excluding hydrogens is 274 g/mol. The van der Waals surface area contributed by atoms with Crippen LogP contribution in [0.15, 0.2) is 0 Å². The second-order valence-corrected chi connectivity index (χ2v) is 4.66. The second kappa shape index (κ2) is 7.65. The van der Waals surface area contributed by atoms with Crippen molar-refractivity contribution in [2.45, 2.75) is 38.5 Å². The number of unbranched alkanes of at least 4 members (excludes halogenated alkanes) is 4. The van der Waals surface area contributed by atoms with Crippen LogP contribution in [0.1, 0.15) is 38.5 Å². The van der Waals surface area contributed by atoms with Crippen molar-refractivity contribution in [3.63, 3.8) is 0 Å². The lowest BCUT2D eigenvalue weighted by molar-refractivity contribution is -0.127. The van der Waals surface area contributed by atoms with Gasteiger partial charge in [0.2, 0.25) is 5.91 Å². The molecule has 0 aromatic heterocycles. The lowest BCUT2D eigenvalue weighted by Gasteiger charge is -2.09. The third kappa shape index (κ3) is 4.51. The molecular formula is C11H18BrNO3. The summed E-state index contributed by atoms with van der Waals surface area (Å²) in [4.78, 5) is 23.8. The summed E-state index contributed by atoms with van der Waals surface area (Å²) in [7, 11) is 0. The van der Waals surface area contributed by atoms with Crippen molar-refractivity contribution >= 4 is 27.9 Å². The average molecular weight is 292 g/mol. The van der Waals surface area contributed by atoms with E-state index in [0.29, 0.717) is 19.6 Å². The Morgan fingerprint density at radius 1 is 1.25 bits per heavy atom. The maximum atomic E-state index is 11.6. The third-order valence-corrected chi connectivity index (χ3v) is 3.15. The van der Waals surface area contributed by atoms with Crippen molar-refractivity contribution in [3.8, 4) is 0 Å². The molecule has 0 aliphatic carbocycles. The van der Waals surface area contributed by atoms with E-state index in [-0.39, 0.29) is 5.91 Å². The molecule has 1 aliphatic heterocycles. The van der Waals surface area contributed by atoms with Crippen molar-refractivity contribution in [2.24, 2.45) is 0 Å². The van der Waals surface area contributed by atoms with Crippen LogP contribution in [0, 0.1) is 0 Å². The van der Waals surface area contributed by atoms with E-state index in [1.165, 1.54) is 17.7 Å². The van der Waals surface area contributed by atoms with Crippen LogP contribution in [-0.4, -0.2) is 35.4 Å². The normalized spacial score (nSPS) is 15.3. The monoisotopic (exact) mass is 291 g/mol. The van der Waals surface area contributed by atoms with Gasteiger partial charge in [-0.15, -0.1) is 0 Å². The van der Waals surface area contributed by atoms with E-state index in [4.69, 9.17) is 4.74 Å². The number of hydrogen-bond donors (Lipinski definition) is 0. The van der Waals surface area contributed by atoms with Gasteiger partial charge in [0.1, 0.15) is 6.61 Å². The first-order valence-corrected chi connectivity index (χ1v) is 6.91. The molecule has 1 heterocycles. The standard InChI is InChI=1S/C11H18BrNO3/c12-7-5-3-1-2-4-6-10(14)13-8-9-16-11(13)15/h1-9H2. The Bertz CT molecular complexity index is 245. The van der Waals surface area contributed by atoms with E-state index < -0.39 is 6.09 Å². The predicted octanol–water partition coefficient (Wildman–Crippen LogP) is 2.70. The number of carbonyl (C=O) groups is 2. The molecule has 1 fully saturated rings. The van der Waals surface area contributed by atoms with Gasteiger partial charge in [0.05, 0.1) is 6.54 Å². The number of carbonyl (C=O) groups excluding carboxylic acids is 2.